The van der Waals surface area contributed by atoms with E-state index in [1.165, 1.54) is 6.07 Å². The topological polar surface area (TPSA) is 40.7 Å². The Bertz CT molecular complexity index is 551. The van der Waals surface area contributed by atoms with Crippen molar-refractivity contribution in [3.63, 3.8) is 0 Å². The Morgan fingerprint density at radius 1 is 1.42 bits per heavy atom. The summed E-state index contributed by atoms with van der Waals surface area (Å²) in [7, 11) is 0. The molecule has 3 nitrogen and oxygen atoms in total. The van der Waals surface area contributed by atoms with E-state index in [0.29, 0.717) is 17.3 Å². The van der Waals surface area contributed by atoms with Crippen molar-refractivity contribution >= 4 is 15.9 Å². The zero-order valence-corrected chi connectivity index (χ0v) is 12.6. The normalized spacial score (nSPS) is 11.2. The number of hydrogen-bond acceptors (Lipinski definition) is 2. The molecule has 0 saturated heterocycles. The van der Waals surface area contributed by atoms with E-state index in [2.05, 4.69) is 45.1 Å². The van der Waals surface area contributed by atoms with Crippen LogP contribution in [0.15, 0.2) is 28.9 Å². The number of aromatic nitrogens is 2. The summed E-state index contributed by atoms with van der Waals surface area (Å²) in [5.74, 6) is 0.607. The van der Waals surface area contributed by atoms with Gasteiger partial charge in [-0.05, 0) is 18.2 Å². The van der Waals surface area contributed by atoms with Crippen LogP contribution in [0.3, 0.4) is 0 Å². The molecular formula is C14H17BrFN3. The number of halogens is 2. The van der Waals surface area contributed by atoms with Crippen molar-refractivity contribution in [2.75, 3.05) is 6.54 Å². The number of imidazole rings is 1. The number of hydrogen-bond donors (Lipinski definition) is 2. The first-order valence-corrected chi connectivity index (χ1v) is 7.08. The van der Waals surface area contributed by atoms with E-state index in [4.69, 9.17) is 0 Å². The van der Waals surface area contributed by atoms with Crippen molar-refractivity contribution in [1.29, 1.82) is 0 Å². The number of nitrogens with one attached hydrogen (secondary N) is 2. The van der Waals surface area contributed by atoms with Crippen molar-refractivity contribution in [2.45, 2.75) is 26.3 Å². The molecule has 0 radical (unpaired) electrons. The molecule has 0 unspecified atom stereocenters. The van der Waals surface area contributed by atoms with E-state index in [1.807, 2.05) is 6.07 Å². The number of nitrogens with zero attached hydrogens (tertiary/aromatic N) is 1. The molecule has 1 aromatic heterocycles. The van der Waals surface area contributed by atoms with Crippen LogP contribution in [0.5, 0.6) is 0 Å². The summed E-state index contributed by atoms with van der Waals surface area (Å²) >= 11 is 3.25. The third kappa shape index (κ3) is 3.88. The van der Waals surface area contributed by atoms with Crippen LogP contribution < -0.4 is 5.32 Å². The number of aromatic amines is 1. The standard InChI is InChI=1S/C14H17BrFN3/c1-9(2)17-6-5-14-18-8-13(19-14)11-4-3-10(15)7-12(11)16/h3-4,7-9,17H,5-6H2,1-2H3,(H,18,19). The van der Waals surface area contributed by atoms with Crippen molar-refractivity contribution in [3.8, 4) is 11.3 Å². The van der Waals surface area contributed by atoms with Crippen molar-refractivity contribution in [2.24, 2.45) is 0 Å². The van der Waals surface area contributed by atoms with Crippen LogP contribution in [0.1, 0.15) is 19.7 Å². The molecule has 0 aliphatic heterocycles. The minimum atomic E-state index is -0.259. The Balaban J connectivity index is 2.08. The van der Waals surface area contributed by atoms with Gasteiger partial charge < -0.3 is 10.3 Å². The fraction of sp³-hybridized carbons (Fsp3) is 0.357. The van der Waals surface area contributed by atoms with Gasteiger partial charge in [0.1, 0.15) is 11.6 Å². The summed E-state index contributed by atoms with van der Waals surface area (Å²) in [4.78, 5) is 7.44. The Labute approximate surface area is 120 Å². The summed E-state index contributed by atoms with van der Waals surface area (Å²) in [6, 6.07) is 5.47. The summed E-state index contributed by atoms with van der Waals surface area (Å²) in [6.07, 6.45) is 2.48. The van der Waals surface area contributed by atoms with E-state index < -0.39 is 0 Å². The first-order chi connectivity index (χ1) is 9.06. The molecule has 0 fully saturated rings. The van der Waals surface area contributed by atoms with E-state index >= 15 is 0 Å². The van der Waals surface area contributed by atoms with Crippen LogP contribution in [-0.2, 0) is 6.42 Å². The van der Waals surface area contributed by atoms with Gasteiger partial charge in [-0.1, -0.05) is 29.8 Å². The summed E-state index contributed by atoms with van der Waals surface area (Å²) in [5.41, 5.74) is 1.25. The monoisotopic (exact) mass is 325 g/mol. The molecule has 0 aliphatic carbocycles. The van der Waals surface area contributed by atoms with Gasteiger partial charge in [-0.3, -0.25) is 0 Å². The molecule has 1 aromatic carbocycles. The average molecular weight is 326 g/mol. The molecule has 2 rings (SSSR count). The smallest absolute Gasteiger partial charge is 0.133 e. The summed E-state index contributed by atoms with van der Waals surface area (Å²) in [5, 5.41) is 3.32. The summed E-state index contributed by atoms with van der Waals surface area (Å²) in [6.45, 7) is 5.06. The predicted molar refractivity (Wildman–Crippen MR) is 78.5 cm³/mol. The number of H-pyrrole nitrogens is 1. The Hall–Kier alpha value is -1.20. The third-order valence-corrected chi connectivity index (χ3v) is 3.26. The van der Waals surface area contributed by atoms with Gasteiger partial charge in [0.15, 0.2) is 0 Å². The van der Waals surface area contributed by atoms with Crippen LogP contribution in [0, 0.1) is 5.82 Å². The van der Waals surface area contributed by atoms with Gasteiger partial charge in [-0.2, -0.15) is 0 Å². The number of rotatable bonds is 5. The van der Waals surface area contributed by atoms with E-state index in [0.717, 1.165) is 23.3 Å². The molecule has 5 heteroatoms. The molecule has 19 heavy (non-hydrogen) atoms. The lowest BCUT2D eigenvalue weighted by Gasteiger charge is -2.05. The second-order valence-electron chi connectivity index (χ2n) is 4.73. The molecule has 2 N–H and O–H groups in total. The summed E-state index contributed by atoms with van der Waals surface area (Å²) < 4.78 is 14.5. The Morgan fingerprint density at radius 3 is 2.89 bits per heavy atom. The largest absolute Gasteiger partial charge is 0.342 e. The van der Waals surface area contributed by atoms with Gasteiger partial charge in [-0.25, -0.2) is 9.37 Å². The lowest BCUT2D eigenvalue weighted by atomic mass is 10.1. The Morgan fingerprint density at radius 2 is 2.21 bits per heavy atom. The highest BCUT2D eigenvalue weighted by Crippen LogP contribution is 2.24. The van der Waals surface area contributed by atoms with Gasteiger partial charge in [0, 0.05) is 29.0 Å². The van der Waals surface area contributed by atoms with Crippen LogP contribution >= 0.6 is 15.9 Å². The van der Waals surface area contributed by atoms with Crippen LogP contribution in [0.2, 0.25) is 0 Å². The second-order valence-corrected chi connectivity index (χ2v) is 5.64. The molecule has 1 heterocycles. The number of benzene rings is 1. The fourth-order valence-corrected chi connectivity index (χ4v) is 2.15. The van der Waals surface area contributed by atoms with Gasteiger partial charge >= 0.3 is 0 Å². The Kier molecular flexibility index (Phi) is 4.71. The van der Waals surface area contributed by atoms with E-state index in [9.17, 15) is 4.39 Å². The molecule has 2 aromatic rings. The van der Waals surface area contributed by atoms with Crippen LogP contribution in [-0.4, -0.2) is 22.6 Å². The SMILES string of the molecule is CC(C)NCCc1ncc(-c2ccc(Br)cc2F)[nH]1. The van der Waals surface area contributed by atoms with Crippen molar-refractivity contribution in [3.05, 3.63) is 40.5 Å². The fourth-order valence-electron chi connectivity index (χ4n) is 1.81. The van der Waals surface area contributed by atoms with E-state index in [1.54, 1.807) is 12.3 Å². The highest BCUT2D eigenvalue weighted by Gasteiger charge is 2.08. The molecular weight excluding hydrogens is 309 g/mol. The average Bonchev–Trinajstić information content (AvgIpc) is 2.77. The van der Waals surface area contributed by atoms with Gasteiger partial charge in [0.25, 0.3) is 0 Å². The molecule has 102 valence electrons. The first-order valence-electron chi connectivity index (χ1n) is 6.29. The van der Waals surface area contributed by atoms with Gasteiger partial charge in [-0.15, -0.1) is 0 Å². The van der Waals surface area contributed by atoms with Gasteiger partial charge in [0.05, 0.1) is 11.9 Å². The van der Waals surface area contributed by atoms with Gasteiger partial charge in [0.2, 0.25) is 0 Å². The minimum absolute atomic E-state index is 0.259. The van der Waals surface area contributed by atoms with Crippen LogP contribution in [0.4, 0.5) is 4.39 Å². The molecule has 0 saturated carbocycles. The maximum absolute atomic E-state index is 13.8. The highest BCUT2D eigenvalue weighted by molar-refractivity contribution is 9.10. The molecule has 0 atom stereocenters. The lowest BCUT2D eigenvalue weighted by molar-refractivity contribution is 0.584. The zero-order valence-electron chi connectivity index (χ0n) is 11.0. The van der Waals surface area contributed by atoms with Crippen molar-refractivity contribution in [1.82, 2.24) is 15.3 Å². The van der Waals surface area contributed by atoms with E-state index in [-0.39, 0.29) is 5.82 Å². The minimum Gasteiger partial charge on any atom is -0.342 e. The first kappa shape index (κ1) is 14.2. The maximum Gasteiger partial charge on any atom is 0.133 e. The maximum atomic E-state index is 13.8. The van der Waals surface area contributed by atoms with Crippen LogP contribution in [0.25, 0.3) is 11.3 Å². The second kappa shape index (κ2) is 6.30. The predicted octanol–water partition coefficient (Wildman–Crippen LogP) is 3.52. The molecule has 0 amide bonds. The van der Waals surface area contributed by atoms with Crippen molar-refractivity contribution < 1.29 is 4.39 Å². The zero-order chi connectivity index (χ0) is 13.8. The quantitative estimate of drug-likeness (QED) is 0.883. The molecule has 0 bridgehead atoms. The molecule has 0 spiro atoms. The molecule has 0 aliphatic rings. The third-order valence-electron chi connectivity index (χ3n) is 2.76. The highest BCUT2D eigenvalue weighted by atomic mass is 79.9. The lowest BCUT2D eigenvalue weighted by Crippen LogP contribution is -2.25.